The van der Waals surface area contributed by atoms with E-state index in [1.54, 1.807) is 0 Å². The molecule has 1 aliphatic rings. The molecule has 1 N–H and O–H groups in total. The van der Waals surface area contributed by atoms with Crippen LogP contribution in [-0.2, 0) is 9.59 Å². The third-order valence-corrected chi connectivity index (χ3v) is 3.56. The highest BCUT2D eigenvalue weighted by molar-refractivity contribution is 5.98. The minimum absolute atomic E-state index is 0.178. The van der Waals surface area contributed by atoms with Gasteiger partial charge in [-0.05, 0) is 11.5 Å². The van der Waals surface area contributed by atoms with E-state index < -0.39 is 35.0 Å². The summed E-state index contributed by atoms with van der Waals surface area (Å²) in [4.78, 5) is 24.8. The molecule has 0 radical (unpaired) electrons. The molecule has 0 aliphatic carbocycles. The molecule has 4 nitrogen and oxygen atoms in total. The van der Waals surface area contributed by atoms with Crippen LogP contribution in [-0.4, -0.2) is 28.4 Å². The number of amides is 2. The van der Waals surface area contributed by atoms with Crippen LogP contribution in [0.25, 0.3) is 0 Å². The van der Waals surface area contributed by atoms with Gasteiger partial charge in [0.25, 0.3) is 0 Å². The number of halogens is 2. The Labute approximate surface area is 121 Å². The Balaban J connectivity index is 2.16. The number of hydrogen-bond acceptors (Lipinski definition) is 3. The number of carbonyl (C=O) groups excluding carboxylic acids is 2. The minimum Gasteiger partial charge on any atom is -0.386 e. The molecule has 2 amide bonds. The third kappa shape index (κ3) is 3.26. The molecular weight excluding hydrogens is 280 g/mol. The van der Waals surface area contributed by atoms with Gasteiger partial charge in [-0.3, -0.25) is 14.5 Å². The Kier molecular flexibility index (Phi) is 4.09. The number of imide groups is 1. The second-order valence-corrected chi connectivity index (χ2v) is 6.07. The fraction of sp³-hybridized carbons (Fsp3) is 0.467. The molecule has 0 aromatic heterocycles. The summed E-state index contributed by atoms with van der Waals surface area (Å²) in [5, 5.41) is 9.99. The predicted octanol–water partition coefficient (Wildman–Crippen LogP) is 2.17. The lowest BCUT2D eigenvalue weighted by atomic mass is 9.81. The van der Waals surface area contributed by atoms with Crippen molar-refractivity contribution in [1.29, 1.82) is 0 Å². The van der Waals surface area contributed by atoms with Crippen LogP contribution in [0, 0.1) is 17.0 Å². The summed E-state index contributed by atoms with van der Waals surface area (Å²) in [5.41, 5.74) is -0.680. The van der Waals surface area contributed by atoms with Crippen molar-refractivity contribution in [1.82, 2.24) is 4.90 Å². The number of rotatable bonds is 3. The second kappa shape index (κ2) is 5.52. The fourth-order valence-electron chi connectivity index (χ4n) is 2.46. The van der Waals surface area contributed by atoms with Crippen LogP contribution in [0.5, 0.6) is 0 Å². The zero-order valence-electron chi connectivity index (χ0n) is 11.9. The predicted molar refractivity (Wildman–Crippen MR) is 71.1 cm³/mol. The number of nitrogens with zero attached hydrogens (tertiary/aromatic N) is 1. The molecule has 1 aromatic carbocycles. The zero-order valence-corrected chi connectivity index (χ0v) is 11.9. The van der Waals surface area contributed by atoms with E-state index >= 15 is 0 Å². The highest BCUT2D eigenvalue weighted by Crippen LogP contribution is 2.32. The van der Waals surface area contributed by atoms with Gasteiger partial charge in [-0.25, -0.2) is 8.78 Å². The van der Waals surface area contributed by atoms with E-state index in [9.17, 15) is 23.5 Å². The van der Waals surface area contributed by atoms with Crippen LogP contribution < -0.4 is 0 Å². The lowest BCUT2D eigenvalue weighted by Gasteiger charge is -2.35. The van der Waals surface area contributed by atoms with Gasteiger partial charge in [0.05, 0.1) is 12.6 Å². The maximum Gasteiger partial charge on any atom is 0.229 e. The van der Waals surface area contributed by atoms with Gasteiger partial charge in [-0.15, -0.1) is 0 Å². The Bertz CT molecular complexity index is 566. The number of hydrogen-bond donors (Lipinski definition) is 1. The quantitative estimate of drug-likeness (QED) is 0.870. The number of aliphatic hydroxyl groups excluding tert-OH is 1. The van der Waals surface area contributed by atoms with E-state index in [0.717, 1.165) is 11.0 Å². The molecule has 1 atom stereocenters. The smallest absolute Gasteiger partial charge is 0.229 e. The van der Waals surface area contributed by atoms with Crippen molar-refractivity contribution in [3.8, 4) is 0 Å². The van der Waals surface area contributed by atoms with E-state index in [4.69, 9.17) is 0 Å². The molecule has 1 saturated heterocycles. The Morgan fingerprint density at radius 2 is 1.81 bits per heavy atom. The van der Waals surface area contributed by atoms with Crippen molar-refractivity contribution in [2.75, 3.05) is 6.54 Å². The first-order valence-corrected chi connectivity index (χ1v) is 6.66. The Hall–Kier alpha value is -1.82. The summed E-state index contributed by atoms with van der Waals surface area (Å²) < 4.78 is 26.7. The van der Waals surface area contributed by atoms with E-state index in [0.29, 0.717) is 0 Å². The maximum atomic E-state index is 13.6. The lowest BCUT2D eigenvalue weighted by Crippen LogP contribution is -2.47. The van der Waals surface area contributed by atoms with Gasteiger partial charge in [-0.2, -0.15) is 0 Å². The molecular formula is C15H17F2NO3. The molecule has 2 rings (SSSR count). The van der Waals surface area contributed by atoms with Crippen LogP contribution >= 0.6 is 0 Å². The lowest BCUT2D eigenvalue weighted by molar-refractivity contribution is -0.154. The van der Waals surface area contributed by atoms with Crippen LogP contribution in [0.3, 0.4) is 0 Å². The molecule has 6 heteroatoms. The molecule has 21 heavy (non-hydrogen) atoms. The summed E-state index contributed by atoms with van der Waals surface area (Å²) in [5.74, 6) is -3.06. The second-order valence-electron chi connectivity index (χ2n) is 6.07. The Morgan fingerprint density at radius 1 is 1.24 bits per heavy atom. The van der Waals surface area contributed by atoms with Gasteiger partial charge < -0.3 is 5.11 Å². The number of piperidine rings is 1. The van der Waals surface area contributed by atoms with Crippen LogP contribution in [0.2, 0.25) is 0 Å². The summed E-state index contributed by atoms with van der Waals surface area (Å²) in [6, 6.07) is 3.43. The van der Waals surface area contributed by atoms with Crippen LogP contribution in [0.1, 0.15) is 38.4 Å². The first kappa shape index (κ1) is 15.6. The van der Waals surface area contributed by atoms with E-state index in [-0.39, 0.29) is 24.9 Å². The molecule has 114 valence electrons. The van der Waals surface area contributed by atoms with Crippen molar-refractivity contribution >= 4 is 11.8 Å². The maximum absolute atomic E-state index is 13.6. The average Bonchev–Trinajstić information content (AvgIpc) is 2.35. The monoisotopic (exact) mass is 297 g/mol. The molecule has 0 bridgehead atoms. The van der Waals surface area contributed by atoms with Crippen molar-refractivity contribution in [2.24, 2.45) is 5.41 Å². The largest absolute Gasteiger partial charge is 0.386 e. The molecule has 1 aliphatic heterocycles. The van der Waals surface area contributed by atoms with Crippen molar-refractivity contribution in [3.63, 3.8) is 0 Å². The number of aliphatic hydroxyl groups is 1. The summed E-state index contributed by atoms with van der Waals surface area (Å²) in [6.07, 6.45) is -1.09. The van der Waals surface area contributed by atoms with Gasteiger partial charge in [0, 0.05) is 18.4 Å². The third-order valence-electron chi connectivity index (χ3n) is 3.56. The van der Waals surface area contributed by atoms with Crippen molar-refractivity contribution in [3.05, 3.63) is 35.4 Å². The summed E-state index contributed by atoms with van der Waals surface area (Å²) >= 11 is 0. The zero-order chi connectivity index (χ0) is 15.8. The minimum atomic E-state index is -1.45. The molecule has 0 spiro atoms. The van der Waals surface area contributed by atoms with Gasteiger partial charge >= 0.3 is 0 Å². The van der Waals surface area contributed by atoms with E-state index in [1.807, 2.05) is 13.8 Å². The molecule has 1 unspecified atom stereocenters. The molecule has 0 saturated carbocycles. The highest BCUT2D eigenvalue weighted by Gasteiger charge is 2.38. The normalized spacial score (nSPS) is 19.8. The van der Waals surface area contributed by atoms with Gasteiger partial charge in [-0.1, -0.05) is 26.0 Å². The standard InChI is InChI=1S/C15H17F2NO3/c1-15(2)6-12(20)18(13(21)7-15)8-11(19)9-4-3-5-10(16)14(9)17/h3-5,11,19H,6-8H2,1-2H3. The van der Waals surface area contributed by atoms with Gasteiger partial charge in [0.2, 0.25) is 11.8 Å². The fourth-order valence-corrected chi connectivity index (χ4v) is 2.46. The first-order valence-electron chi connectivity index (χ1n) is 6.66. The number of benzene rings is 1. The number of β-amino-alcohol motifs (C(OH)–C–C–N with tert-alkyl or cyclic N) is 1. The topological polar surface area (TPSA) is 57.6 Å². The highest BCUT2D eigenvalue weighted by atomic mass is 19.2. The summed E-state index contributed by atoms with van der Waals surface area (Å²) in [7, 11) is 0. The number of carbonyl (C=O) groups is 2. The molecule has 1 fully saturated rings. The molecule has 1 aromatic rings. The van der Waals surface area contributed by atoms with Gasteiger partial charge in [0.1, 0.15) is 0 Å². The van der Waals surface area contributed by atoms with Gasteiger partial charge in [0.15, 0.2) is 11.6 Å². The van der Waals surface area contributed by atoms with Crippen molar-refractivity contribution < 1.29 is 23.5 Å². The van der Waals surface area contributed by atoms with Crippen molar-refractivity contribution in [2.45, 2.75) is 32.8 Å². The SMILES string of the molecule is CC1(C)CC(=O)N(CC(O)c2cccc(F)c2F)C(=O)C1. The number of likely N-dealkylation sites (tertiary alicyclic amines) is 1. The molecule has 1 heterocycles. The summed E-state index contributed by atoms with van der Waals surface area (Å²) in [6.45, 7) is 3.25. The Morgan fingerprint density at radius 3 is 2.38 bits per heavy atom. The van der Waals surface area contributed by atoms with E-state index in [1.165, 1.54) is 12.1 Å². The average molecular weight is 297 g/mol. The van der Waals surface area contributed by atoms with Crippen LogP contribution in [0.15, 0.2) is 18.2 Å². The van der Waals surface area contributed by atoms with Crippen LogP contribution in [0.4, 0.5) is 8.78 Å². The first-order chi connectivity index (χ1) is 9.71. The van der Waals surface area contributed by atoms with E-state index in [2.05, 4.69) is 0 Å².